The van der Waals surface area contributed by atoms with Gasteiger partial charge in [-0.3, -0.25) is 9.36 Å². The van der Waals surface area contributed by atoms with Gasteiger partial charge < -0.3 is 0 Å². The van der Waals surface area contributed by atoms with Crippen LogP contribution in [0.2, 0.25) is 5.15 Å². The normalized spacial score (nSPS) is 10.5. The van der Waals surface area contributed by atoms with Gasteiger partial charge in [-0.1, -0.05) is 11.6 Å². The van der Waals surface area contributed by atoms with E-state index in [1.807, 2.05) is 5.38 Å². The lowest BCUT2D eigenvalue weighted by Crippen LogP contribution is -2.22. The van der Waals surface area contributed by atoms with Crippen molar-refractivity contribution < 1.29 is 0 Å². The molecule has 2 aromatic heterocycles. The summed E-state index contributed by atoms with van der Waals surface area (Å²) in [7, 11) is 0. The summed E-state index contributed by atoms with van der Waals surface area (Å²) in [6.45, 7) is 0.408. The fraction of sp³-hybridized carbons (Fsp3) is 0.125. The molecule has 7 heteroatoms. The Labute approximate surface area is 103 Å². The molecule has 2 aromatic rings. The van der Waals surface area contributed by atoms with Crippen LogP contribution in [0.15, 0.2) is 26.5 Å². The van der Waals surface area contributed by atoms with E-state index in [9.17, 15) is 4.79 Å². The molecule has 78 valence electrons. The maximum absolute atomic E-state index is 11.7. The van der Waals surface area contributed by atoms with Crippen molar-refractivity contribution in [2.45, 2.75) is 6.54 Å². The Kier molecular flexibility index (Phi) is 3.18. The zero-order valence-corrected chi connectivity index (χ0v) is 10.5. The minimum absolute atomic E-state index is 0.175. The number of hydrogen-bond donors (Lipinski definition) is 0. The average molecular weight is 307 g/mol. The van der Waals surface area contributed by atoms with Crippen molar-refractivity contribution >= 4 is 38.9 Å². The van der Waals surface area contributed by atoms with Gasteiger partial charge in [0.15, 0.2) is 5.15 Å². The largest absolute Gasteiger partial charge is 0.292 e. The van der Waals surface area contributed by atoms with E-state index in [1.165, 1.54) is 22.2 Å². The molecule has 0 aromatic carbocycles. The van der Waals surface area contributed by atoms with Crippen LogP contribution in [0.5, 0.6) is 0 Å². The summed E-state index contributed by atoms with van der Waals surface area (Å²) in [5, 5.41) is 2.06. The van der Waals surface area contributed by atoms with Crippen LogP contribution >= 0.6 is 38.9 Å². The lowest BCUT2D eigenvalue weighted by molar-refractivity contribution is 0.718. The fourth-order valence-corrected chi connectivity index (χ4v) is 2.05. The van der Waals surface area contributed by atoms with Crippen LogP contribution in [-0.4, -0.2) is 14.5 Å². The smallest absolute Gasteiger partial charge is 0.269 e. The summed E-state index contributed by atoms with van der Waals surface area (Å²) in [6, 6.07) is 0. The quantitative estimate of drug-likeness (QED) is 0.799. The molecule has 15 heavy (non-hydrogen) atoms. The number of aromatic nitrogens is 3. The van der Waals surface area contributed by atoms with Crippen LogP contribution in [0.3, 0.4) is 0 Å². The highest BCUT2D eigenvalue weighted by Gasteiger charge is 2.07. The maximum atomic E-state index is 11.7. The molecule has 0 atom stereocenters. The molecular weight excluding hydrogens is 302 g/mol. The Bertz CT molecular complexity index is 525. The van der Waals surface area contributed by atoms with Gasteiger partial charge in [0.25, 0.3) is 5.56 Å². The number of nitrogens with zero attached hydrogens (tertiary/aromatic N) is 3. The van der Waals surface area contributed by atoms with Gasteiger partial charge in [0.2, 0.25) is 0 Å². The van der Waals surface area contributed by atoms with Crippen LogP contribution < -0.4 is 5.56 Å². The topological polar surface area (TPSA) is 47.8 Å². The highest BCUT2D eigenvalue weighted by Crippen LogP contribution is 2.14. The Balaban J connectivity index is 2.38. The van der Waals surface area contributed by atoms with E-state index < -0.39 is 0 Å². The lowest BCUT2D eigenvalue weighted by atomic mass is 10.5. The highest BCUT2D eigenvalue weighted by atomic mass is 79.9. The molecule has 0 saturated heterocycles. The third-order valence-electron chi connectivity index (χ3n) is 1.76. The molecule has 0 radical (unpaired) electrons. The number of hydrogen-bond acceptors (Lipinski definition) is 4. The van der Waals surface area contributed by atoms with Crippen molar-refractivity contribution in [3.8, 4) is 0 Å². The predicted octanol–water partition coefficient (Wildman–Crippen LogP) is 2.16. The van der Waals surface area contributed by atoms with Gasteiger partial charge in [0, 0.05) is 5.38 Å². The first-order chi connectivity index (χ1) is 7.18. The van der Waals surface area contributed by atoms with Crippen molar-refractivity contribution in [2.24, 2.45) is 0 Å². The average Bonchev–Trinajstić information content (AvgIpc) is 2.72. The summed E-state index contributed by atoms with van der Waals surface area (Å²) in [6.07, 6.45) is 1.41. The molecular formula is C8H5BrClN3OS. The number of thiazole rings is 1. The molecule has 0 fully saturated rings. The van der Waals surface area contributed by atoms with Crippen molar-refractivity contribution in [1.29, 1.82) is 0 Å². The minimum atomic E-state index is -0.206. The van der Waals surface area contributed by atoms with Crippen molar-refractivity contribution in [1.82, 2.24) is 14.5 Å². The Morgan fingerprint density at radius 2 is 2.33 bits per heavy atom. The predicted molar refractivity (Wildman–Crippen MR) is 62.4 cm³/mol. The van der Waals surface area contributed by atoms with Gasteiger partial charge in [-0.15, -0.1) is 11.3 Å². The molecule has 0 unspecified atom stereocenters. The van der Waals surface area contributed by atoms with E-state index in [1.54, 1.807) is 5.51 Å². The first-order valence-corrected chi connectivity index (χ1v) is 6.07. The number of rotatable bonds is 2. The molecule has 0 aliphatic carbocycles. The molecule has 0 N–H and O–H groups in total. The van der Waals surface area contributed by atoms with Crippen LogP contribution in [0, 0.1) is 0 Å². The van der Waals surface area contributed by atoms with E-state index in [4.69, 9.17) is 11.6 Å². The fourth-order valence-electron chi connectivity index (χ4n) is 1.05. The van der Waals surface area contributed by atoms with Gasteiger partial charge in [0.1, 0.15) is 4.47 Å². The zero-order chi connectivity index (χ0) is 10.8. The Hall–Kier alpha value is -0.720. The van der Waals surface area contributed by atoms with Gasteiger partial charge in [-0.2, -0.15) is 0 Å². The van der Waals surface area contributed by atoms with Crippen LogP contribution in [0.4, 0.5) is 0 Å². The number of halogens is 2. The van der Waals surface area contributed by atoms with Gasteiger partial charge in [-0.05, 0) is 15.9 Å². The Morgan fingerprint density at radius 3 is 3.00 bits per heavy atom. The molecule has 2 heterocycles. The first-order valence-electron chi connectivity index (χ1n) is 3.96. The molecule has 0 saturated carbocycles. The molecule has 0 spiro atoms. The monoisotopic (exact) mass is 305 g/mol. The van der Waals surface area contributed by atoms with Gasteiger partial charge in [-0.25, -0.2) is 9.97 Å². The van der Waals surface area contributed by atoms with Crippen LogP contribution in [0.25, 0.3) is 0 Å². The van der Waals surface area contributed by atoms with Gasteiger partial charge in [0.05, 0.1) is 24.1 Å². The van der Waals surface area contributed by atoms with E-state index in [-0.39, 0.29) is 15.2 Å². The summed E-state index contributed by atoms with van der Waals surface area (Å²) in [5.41, 5.74) is 2.35. The summed E-state index contributed by atoms with van der Waals surface area (Å²) >= 11 is 10.3. The Morgan fingerprint density at radius 1 is 1.53 bits per heavy atom. The standard InChI is InChI=1S/C8H5BrClN3OS/c9-6-7(10)11-3-13(8(6)14)1-5-2-15-4-12-5/h2-4H,1H2. The van der Waals surface area contributed by atoms with Gasteiger partial charge >= 0.3 is 0 Å². The SMILES string of the molecule is O=c1c(Br)c(Cl)ncn1Cc1cscn1. The second-order valence-electron chi connectivity index (χ2n) is 2.76. The molecule has 0 aliphatic rings. The zero-order valence-electron chi connectivity index (χ0n) is 7.35. The lowest BCUT2D eigenvalue weighted by Gasteiger charge is -2.03. The molecule has 2 rings (SSSR count). The summed E-state index contributed by atoms with van der Waals surface area (Å²) in [5.74, 6) is 0. The summed E-state index contributed by atoms with van der Waals surface area (Å²) < 4.78 is 1.73. The molecule has 0 bridgehead atoms. The molecule has 0 amide bonds. The van der Waals surface area contributed by atoms with Crippen molar-refractivity contribution in [3.63, 3.8) is 0 Å². The third kappa shape index (κ3) is 2.27. The minimum Gasteiger partial charge on any atom is -0.292 e. The third-order valence-corrected chi connectivity index (χ3v) is 3.62. The molecule has 4 nitrogen and oxygen atoms in total. The van der Waals surface area contributed by atoms with E-state index in [0.29, 0.717) is 6.54 Å². The second kappa shape index (κ2) is 4.42. The first kappa shape index (κ1) is 10.8. The van der Waals surface area contributed by atoms with Crippen LogP contribution in [0.1, 0.15) is 5.69 Å². The van der Waals surface area contributed by atoms with E-state index >= 15 is 0 Å². The maximum Gasteiger partial charge on any atom is 0.269 e. The van der Waals surface area contributed by atoms with Crippen molar-refractivity contribution in [3.05, 3.63) is 42.9 Å². The summed E-state index contributed by atoms with van der Waals surface area (Å²) in [4.78, 5) is 19.6. The van der Waals surface area contributed by atoms with Crippen molar-refractivity contribution in [2.75, 3.05) is 0 Å². The second-order valence-corrected chi connectivity index (χ2v) is 4.63. The van der Waals surface area contributed by atoms with E-state index in [0.717, 1.165) is 5.69 Å². The highest BCUT2D eigenvalue weighted by molar-refractivity contribution is 9.10. The van der Waals surface area contributed by atoms with E-state index in [2.05, 4.69) is 25.9 Å². The molecule has 0 aliphatic heterocycles. The van der Waals surface area contributed by atoms with Crippen LogP contribution in [-0.2, 0) is 6.54 Å².